The number of aromatic nitrogens is 1. The molecule has 3 aromatic rings. The number of carbonyl (C=O) groups excluding carboxylic acids is 1. The summed E-state index contributed by atoms with van der Waals surface area (Å²) in [7, 11) is 1.44. The average Bonchev–Trinajstić information content (AvgIpc) is 3.52. The molecule has 158 valence electrons. The number of halogens is 1. The van der Waals surface area contributed by atoms with E-state index in [4.69, 9.17) is 20.9 Å². The fraction of sp³-hybridized carbons (Fsp3) is 0.217. The first kappa shape index (κ1) is 19.7. The first-order valence-electron chi connectivity index (χ1n) is 9.96. The quantitative estimate of drug-likeness (QED) is 0.412. The van der Waals surface area contributed by atoms with Crippen molar-refractivity contribution < 1.29 is 19.2 Å². The number of fused-ring (bicyclic) bond motifs is 1. The largest absolute Gasteiger partial charge is 0.504 e. The summed E-state index contributed by atoms with van der Waals surface area (Å²) in [5, 5.41) is 21.0. The maximum absolute atomic E-state index is 12.6. The van der Waals surface area contributed by atoms with Crippen molar-refractivity contribution in [2.45, 2.75) is 12.3 Å². The molecule has 2 aliphatic rings. The van der Waals surface area contributed by atoms with Crippen molar-refractivity contribution in [2.24, 2.45) is 0 Å². The number of rotatable bonds is 4. The summed E-state index contributed by atoms with van der Waals surface area (Å²) in [6.45, 7) is 2.03. The van der Waals surface area contributed by atoms with E-state index in [1.807, 2.05) is 12.1 Å². The van der Waals surface area contributed by atoms with Gasteiger partial charge in [0.05, 0.1) is 29.5 Å². The number of anilines is 1. The van der Waals surface area contributed by atoms with Gasteiger partial charge in [0.1, 0.15) is 0 Å². The van der Waals surface area contributed by atoms with E-state index < -0.39 is 5.91 Å². The Kier molecular flexibility index (Phi) is 4.92. The highest BCUT2D eigenvalue weighted by molar-refractivity contribution is 6.38. The molecule has 8 heteroatoms. The molecule has 7 nitrogen and oxygen atoms in total. The molecule has 3 N–H and O–H groups in total. The second kappa shape index (κ2) is 7.76. The summed E-state index contributed by atoms with van der Waals surface area (Å²) in [6, 6.07) is 13.2. The number of benzene rings is 2. The third kappa shape index (κ3) is 3.45. The summed E-state index contributed by atoms with van der Waals surface area (Å²) < 4.78 is 10.1. The van der Waals surface area contributed by atoms with Gasteiger partial charge in [-0.25, -0.2) is 0 Å². The Hall–Kier alpha value is -3.29. The molecular formula is C23H20ClN3O4. The van der Waals surface area contributed by atoms with Gasteiger partial charge in [0.15, 0.2) is 5.76 Å². The number of aliphatic hydroxyl groups is 1. The molecule has 2 aliphatic heterocycles. The summed E-state index contributed by atoms with van der Waals surface area (Å²) in [4.78, 5) is 12.6. The Bertz CT molecular complexity index is 1190. The van der Waals surface area contributed by atoms with Crippen LogP contribution in [-0.2, 0) is 4.79 Å². The van der Waals surface area contributed by atoms with Crippen LogP contribution in [0.5, 0.6) is 5.88 Å². The van der Waals surface area contributed by atoms with Gasteiger partial charge >= 0.3 is 0 Å². The van der Waals surface area contributed by atoms with Crippen LogP contribution in [0.3, 0.4) is 0 Å². The number of amides is 1. The van der Waals surface area contributed by atoms with E-state index in [2.05, 4.69) is 27.9 Å². The van der Waals surface area contributed by atoms with E-state index >= 15 is 0 Å². The lowest BCUT2D eigenvalue weighted by molar-refractivity contribution is -0.110. The van der Waals surface area contributed by atoms with Gasteiger partial charge in [-0.15, -0.1) is 0 Å². The van der Waals surface area contributed by atoms with Crippen molar-refractivity contribution >= 4 is 34.5 Å². The van der Waals surface area contributed by atoms with Gasteiger partial charge in [-0.05, 0) is 47.3 Å². The third-order valence-corrected chi connectivity index (χ3v) is 6.09. The maximum atomic E-state index is 12.6. The molecule has 1 fully saturated rings. The van der Waals surface area contributed by atoms with Crippen LogP contribution in [0.4, 0.5) is 5.69 Å². The van der Waals surface area contributed by atoms with E-state index in [-0.39, 0.29) is 23.0 Å². The van der Waals surface area contributed by atoms with Crippen LogP contribution < -0.4 is 15.4 Å². The number of hydrogen-bond donors (Lipinski definition) is 3. The number of carbonyl (C=O) groups is 1. The lowest BCUT2D eigenvalue weighted by atomic mass is 9.94. The molecule has 1 aromatic heterocycles. The van der Waals surface area contributed by atoms with Crippen LogP contribution in [0.15, 0.2) is 47.0 Å². The molecule has 0 saturated carbocycles. The second-order valence-corrected chi connectivity index (χ2v) is 8.01. The molecule has 2 aromatic carbocycles. The zero-order valence-corrected chi connectivity index (χ0v) is 17.5. The van der Waals surface area contributed by atoms with Crippen molar-refractivity contribution in [1.82, 2.24) is 10.5 Å². The number of aliphatic hydroxyl groups excluding tert-OH is 1. The zero-order valence-electron chi connectivity index (χ0n) is 16.7. The lowest BCUT2D eigenvalue weighted by Gasteiger charge is -2.12. The number of nitrogens with one attached hydrogen (secondary N) is 2. The smallest absolute Gasteiger partial charge is 0.260 e. The highest BCUT2D eigenvalue weighted by Crippen LogP contribution is 2.42. The summed E-state index contributed by atoms with van der Waals surface area (Å²) >= 11 is 6.54. The van der Waals surface area contributed by atoms with E-state index in [1.165, 1.54) is 18.7 Å². The number of ether oxygens (including phenoxy) is 1. The van der Waals surface area contributed by atoms with Gasteiger partial charge in [-0.1, -0.05) is 35.9 Å². The first-order chi connectivity index (χ1) is 15.0. The molecular weight excluding hydrogens is 418 g/mol. The van der Waals surface area contributed by atoms with E-state index in [0.29, 0.717) is 22.2 Å². The van der Waals surface area contributed by atoms with Crippen LogP contribution in [0.2, 0.25) is 5.02 Å². The molecule has 5 rings (SSSR count). The van der Waals surface area contributed by atoms with Crippen LogP contribution >= 0.6 is 11.6 Å². The fourth-order valence-electron chi connectivity index (χ4n) is 4.11. The van der Waals surface area contributed by atoms with Crippen molar-refractivity contribution in [3.05, 3.63) is 64.4 Å². The Morgan fingerprint density at radius 2 is 2.03 bits per heavy atom. The lowest BCUT2D eigenvalue weighted by Crippen LogP contribution is -2.07. The van der Waals surface area contributed by atoms with Crippen LogP contribution in [-0.4, -0.2) is 36.4 Å². The Morgan fingerprint density at radius 1 is 1.23 bits per heavy atom. The number of methoxy groups -OCH3 is 1. The van der Waals surface area contributed by atoms with Crippen LogP contribution in [0, 0.1) is 0 Å². The topological polar surface area (TPSA) is 96.6 Å². The van der Waals surface area contributed by atoms with Crippen molar-refractivity contribution in [3.63, 3.8) is 0 Å². The normalized spacial score (nSPS) is 19.3. The predicted molar refractivity (Wildman–Crippen MR) is 118 cm³/mol. The first-order valence-corrected chi connectivity index (χ1v) is 10.3. The van der Waals surface area contributed by atoms with E-state index in [0.717, 1.165) is 30.6 Å². The van der Waals surface area contributed by atoms with Crippen LogP contribution in [0.1, 0.15) is 29.2 Å². The molecule has 1 saturated heterocycles. The van der Waals surface area contributed by atoms with Gasteiger partial charge in [0, 0.05) is 17.7 Å². The van der Waals surface area contributed by atoms with Crippen LogP contribution in [0.25, 0.3) is 22.5 Å². The van der Waals surface area contributed by atoms with E-state index in [1.54, 1.807) is 12.1 Å². The number of nitrogens with zero attached hydrogens (tertiary/aromatic N) is 1. The summed E-state index contributed by atoms with van der Waals surface area (Å²) in [5.41, 5.74) is 4.16. The average molecular weight is 438 g/mol. The number of hydrogen-bond acceptors (Lipinski definition) is 6. The molecule has 31 heavy (non-hydrogen) atoms. The molecule has 1 atom stereocenters. The summed E-state index contributed by atoms with van der Waals surface area (Å²) in [5.74, 6) is 0.0114. The van der Waals surface area contributed by atoms with Gasteiger partial charge < -0.3 is 25.0 Å². The summed E-state index contributed by atoms with van der Waals surface area (Å²) in [6.07, 6.45) is 1.13. The fourth-order valence-corrected chi connectivity index (χ4v) is 4.38. The van der Waals surface area contributed by atoms with Crippen molar-refractivity contribution in [3.8, 4) is 17.0 Å². The van der Waals surface area contributed by atoms with Gasteiger partial charge in [-0.3, -0.25) is 4.79 Å². The zero-order chi connectivity index (χ0) is 21.5. The maximum Gasteiger partial charge on any atom is 0.260 e. The molecule has 3 heterocycles. The Labute approximate surface area is 183 Å². The minimum atomic E-state index is -0.444. The molecule has 0 radical (unpaired) electrons. The Balaban J connectivity index is 1.55. The second-order valence-electron chi connectivity index (χ2n) is 7.60. The monoisotopic (exact) mass is 437 g/mol. The van der Waals surface area contributed by atoms with Gasteiger partial charge in [0.2, 0.25) is 5.76 Å². The van der Waals surface area contributed by atoms with E-state index in [9.17, 15) is 9.90 Å². The molecule has 1 unspecified atom stereocenters. The standard InChI is InChI=1S/C23H20ClN3O4/c1-30-20-10-19(31-27-20)22(28)21-16-8-15(17(24)9-18(16)26-23(21)29)13-4-2-12(3-5-13)14-6-7-25-11-14/h2-5,8-10,14,25,28H,6-7,11H2,1H3,(H,26,29). The SMILES string of the molecule is COc1cc(C(O)=C2C(=O)Nc3cc(Cl)c(-c4ccc(C5CCNC5)cc4)cc32)on1. The minimum absolute atomic E-state index is 0.0425. The van der Waals surface area contributed by atoms with Gasteiger partial charge in [0.25, 0.3) is 11.8 Å². The predicted octanol–water partition coefficient (Wildman–Crippen LogP) is 4.46. The highest BCUT2D eigenvalue weighted by atomic mass is 35.5. The van der Waals surface area contributed by atoms with Gasteiger partial charge in [-0.2, -0.15) is 0 Å². The highest BCUT2D eigenvalue weighted by Gasteiger charge is 2.31. The molecule has 0 aliphatic carbocycles. The Morgan fingerprint density at radius 3 is 2.71 bits per heavy atom. The molecule has 0 bridgehead atoms. The minimum Gasteiger partial charge on any atom is -0.504 e. The molecule has 0 spiro atoms. The third-order valence-electron chi connectivity index (χ3n) is 5.77. The van der Waals surface area contributed by atoms with Crippen molar-refractivity contribution in [1.29, 1.82) is 0 Å². The molecule has 1 amide bonds. The van der Waals surface area contributed by atoms with Crippen molar-refractivity contribution in [2.75, 3.05) is 25.5 Å².